The first kappa shape index (κ1) is 14.4. The van der Waals surface area contributed by atoms with Crippen LogP contribution in [0.5, 0.6) is 0 Å². The molecule has 0 bridgehead atoms. The maximum atomic E-state index is 12.1. The van der Waals surface area contributed by atoms with Crippen LogP contribution in [0.4, 0.5) is 11.5 Å². The van der Waals surface area contributed by atoms with Crippen LogP contribution in [0.2, 0.25) is 0 Å². The van der Waals surface area contributed by atoms with Crippen LogP contribution in [-0.4, -0.2) is 30.7 Å². The summed E-state index contributed by atoms with van der Waals surface area (Å²) in [6, 6.07) is 1.53. The second-order valence-electron chi connectivity index (χ2n) is 4.53. The number of nitrogens with zero attached hydrogens (tertiary/aromatic N) is 4. The minimum atomic E-state index is -0.673. The van der Waals surface area contributed by atoms with Gasteiger partial charge in [-0.3, -0.25) is 9.59 Å². The van der Waals surface area contributed by atoms with Crippen LogP contribution in [0, 0.1) is 10.1 Å². The fraction of sp³-hybridized carbons (Fsp3) is 0.250. The Hall–Kier alpha value is -2.97. The van der Waals surface area contributed by atoms with E-state index >= 15 is 0 Å². The fourth-order valence-electron chi connectivity index (χ4n) is 1.92. The van der Waals surface area contributed by atoms with E-state index in [1.807, 2.05) is 0 Å². The molecule has 0 unspecified atom stereocenters. The number of hydrogen-bond donors (Lipinski definition) is 1. The number of hydrogen-bond acceptors (Lipinski definition) is 5. The Bertz CT molecular complexity index is 743. The largest absolute Gasteiger partial charge is 0.382 e. The van der Waals surface area contributed by atoms with Crippen molar-refractivity contribution < 1.29 is 14.5 Å². The van der Waals surface area contributed by atoms with Crippen molar-refractivity contribution in [3.05, 3.63) is 40.1 Å². The topological polar surface area (TPSA) is 112 Å². The molecule has 0 saturated heterocycles. The molecule has 0 radical (unpaired) electrons. The highest BCUT2D eigenvalue weighted by molar-refractivity contribution is 6.03. The zero-order valence-electron chi connectivity index (χ0n) is 11.7. The predicted octanol–water partition coefficient (Wildman–Crippen LogP) is 1.12. The van der Waals surface area contributed by atoms with Crippen LogP contribution >= 0.6 is 0 Å². The summed E-state index contributed by atoms with van der Waals surface area (Å²) in [5.41, 5.74) is 0.856. The quantitative estimate of drug-likeness (QED) is 0.515. The molecule has 9 nitrogen and oxygen atoms in total. The predicted molar refractivity (Wildman–Crippen MR) is 73.2 cm³/mol. The number of nitrogens with one attached hydrogen (secondary N) is 1. The molecule has 110 valence electrons. The Morgan fingerprint density at radius 1 is 1.29 bits per heavy atom. The van der Waals surface area contributed by atoms with E-state index in [-0.39, 0.29) is 11.6 Å². The lowest BCUT2D eigenvalue weighted by molar-refractivity contribution is -0.389. The van der Waals surface area contributed by atoms with E-state index in [4.69, 9.17) is 0 Å². The highest BCUT2D eigenvalue weighted by Gasteiger charge is 2.23. The summed E-state index contributed by atoms with van der Waals surface area (Å²) in [6.45, 7) is 1.42. The van der Waals surface area contributed by atoms with E-state index in [1.54, 1.807) is 17.8 Å². The third kappa shape index (κ3) is 2.81. The Morgan fingerprint density at radius 2 is 1.95 bits per heavy atom. The zero-order valence-corrected chi connectivity index (χ0v) is 11.7. The van der Waals surface area contributed by atoms with E-state index in [0.717, 1.165) is 6.20 Å². The van der Waals surface area contributed by atoms with Gasteiger partial charge in [0, 0.05) is 27.2 Å². The number of carbonyl (C=O) groups is 2. The van der Waals surface area contributed by atoms with E-state index in [1.165, 1.54) is 24.6 Å². The first-order valence-corrected chi connectivity index (χ1v) is 5.96. The summed E-state index contributed by atoms with van der Waals surface area (Å²) in [7, 11) is 3.17. The standard InChI is InChI=1S/C12H13N5O4/c1-7(18)9-4-8(5-15(9)2)13-12(19)11-14-10(17(20)21)6-16(11)3/h4-6H,1-3H3,(H,13,19). The van der Waals surface area contributed by atoms with Crippen LogP contribution in [0.3, 0.4) is 0 Å². The number of aryl methyl sites for hydroxylation is 2. The van der Waals surface area contributed by atoms with E-state index < -0.39 is 16.6 Å². The van der Waals surface area contributed by atoms with Crippen molar-refractivity contribution in [1.29, 1.82) is 0 Å². The molecule has 0 aliphatic carbocycles. The van der Waals surface area contributed by atoms with Gasteiger partial charge >= 0.3 is 17.5 Å². The maximum absolute atomic E-state index is 12.1. The van der Waals surface area contributed by atoms with Crippen LogP contribution in [0.15, 0.2) is 18.5 Å². The summed E-state index contributed by atoms with van der Waals surface area (Å²) >= 11 is 0. The van der Waals surface area contributed by atoms with Gasteiger partial charge in [-0.2, -0.15) is 0 Å². The Morgan fingerprint density at radius 3 is 2.43 bits per heavy atom. The van der Waals surface area contributed by atoms with Gasteiger partial charge < -0.3 is 24.6 Å². The van der Waals surface area contributed by atoms with Crippen molar-refractivity contribution >= 4 is 23.2 Å². The van der Waals surface area contributed by atoms with Crippen molar-refractivity contribution in [2.24, 2.45) is 14.1 Å². The normalized spacial score (nSPS) is 10.4. The average molecular weight is 291 g/mol. The molecule has 1 N–H and O–H groups in total. The van der Waals surface area contributed by atoms with Crippen molar-refractivity contribution in [1.82, 2.24) is 14.1 Å². The number of nitro groups is 1. The van der Waals surface area contributed by atoms with Crippen molar-refractivity contribution in [3.8, 4) is 0 Å². The maximum Gasteiger partial charge on any atom is 0.382 e. The molecule has 9 heteroatoms. The van der Waals surface area contributed by atoms with Gasteiger partial charge in [0.05, 0.1) is 11.4 Å². The molecule has 2 heterocycles. The van der Waals surface area contributed by atoms with Crippen LogP contribution in [0.1, 0.15) is 28.0 Å². The van der Waals surface area contributed by atoms with Crippen LogP contribution < -0.4 is 5.32 Å². The van der Waals surface area contributed by atoms with E-state index in [2.05, 4.69) is 10.3 Å². The molecule has 0 aromatic carbocycles. The van der Waals surface area contributed by atoms with Gasteiger partial charge in [0.2, 0.25) is 0 Å². The summed E-state index contributed by atoms with van der Waals surface area (Å²) in [6.07, 6.45) is 2.73. The molecule has 2 rings (SSSR count). The van der Waals surface area contributed by atoms with Crippen LogP contribution in [-0.2, 0) is 14.1 Å². The van der Waals surface area contributed by atoms with Gasteiger partial charge in [0.1, 0.15) is 6.20 Å². The number of rotatable bonds is 4. The van der Waals surface area contributed by atoms with Crippen molar-refractivity contribution in [2.45, 2.75) is 6.92 Å². The number of imidazole rings is 1. The first-order chi connectivity index (χ1) is 9.79. The van der Waals surface area contributed by atoms with Gasteiger partial charge in [-0.25, -0.2) is 0 Å². The lowest BCUT2D eigenvalue weighted by Gasteiger charge is -1.98. The molecular formula is C12H13N5O4. The lowest BCUT2D eigenvalue weighted by atomic mass is 10.3. The van der Waals surface area contributed by atoms with E-state index in [0.29, 0.717) is 11.4 Å². The Kier molecular flexibility index (Phi) is 3.57. The van der Waals surface area contributed by atoms with Gasteiger partial charge in [0.15, 0.2) is 5.78 Å². The first-order valence-electron chi connectivity index (χ1n) is 5.96. The second kappa shape index (κ2) is 5.19. The number of aromatic nitrogens is 3. The molecule has 0 aliphatic heterocycles. The molecule has 0 saturated carbocycles. The zero-order chi connectivity index (χ0) is 15.7. The summed E-state index contributed by atoms with van der Waals surface area (Å²) in [5.74, 6) is -1.22. The van der Waals surface area contributed by atoms with Gasteiger partial charge in [0.25, 0.3) is 0 Å². The third-order valence-corrected chi connectivity index (χ3v) is 2.88. The molecule has 0 atom stereocenters. The molecule has 1 amide bonds. The minimum absolute atomic E-state index is 0.0880. The summed E-state index contributed by atoms with van der Waals surface area (Å²) in [4.78, 5) is 37.0. The average Bonchev–Trinajstić information content (AvgIpc) is 2.92. The SMILES string of the molecule is CC(=O)c1cc(NC(=O)c2nc([N+](=O)[O-])cn2C)cn1C. The molecular weight excluding hydrogens is 278 g/mol. The molecule has 2 aromatic rings. The van der Waals surface area contributed by atoms with Crippen molar-refractivity contribution in [2.75, 3.05) is 5.32 Å². The molecule has 0 fully saturated rings. The van der Waals surface area contributed by atoms with Gasteiger partial charge in [-0.15, -0.1) is 0 Å². The van der Waals surface area contributed by atoms with Crippen molar-refractivity contribution in [3.63, 3.8) is 0 Å². The monoisotopic (exact) mass is 291 g/mol. The molecule has 21 heavy (non-hydrogen) atoms. The number of carbonyl (C=O) groups excluding carboxylic acids is 2. The highest BCUT2D eigenvalue weighted by Crippen LogP contribution is 2.15. The number of anilines is 1. The summed E-state index contributed by atoms with van der Waals surface area (Å²) < 4.78 is 2.85. The highest BCUT2D eigenvalue weighted by atomic mass is 16.6. The number of ketones is 1. The summed E-state index contributed by atoms with van der Waals surface area (Å²) in [5, 5.41) is 13.2. The number of Topliss-reactive ketones (excluding diaryl/α,β-unsaturated/α-hetero) is 1. The second-order valence-corrected chi connectivity index (χ2v) is 4.53. The van der Waals surface area contributed by atoms with Crippen LogP contribution in [0.25, 0.3) is 0 Å². The Balaban J connectivity index is 2.24. The van der Waals surface area contributed by atoms with Gasteiger partial charge in [-0.05, 0) is 16.0 Å². The van der Waals surface area contributed by atoms with Gasteiger partial charge in [-0.1, -0.05) is 0 Å². The number of amides is 1. The Labute approximate surface area is 119 Å². The smallest absolute Gasteiger partial charge is 0.358 e. The fourth-order valence-corrected chi connectivity index (χ4v) is 1.92. The van der Waals surface area contributed by atoms with E-state index in [9.17, 15) is 19.7 Å². The third-order valence-electron chi connectivity index (χ3n) is 2.88. The molecule has 0 spiro atoms. The minimum Gasteiger partial charge on any atom is -0.358 e. The lowest BCUT2D eigenvalue weighted by Crippen LogP contribution is -2.16. The molecule has 0 aliphatic rings. The molecule has 2 aromatic heterocycles.